The van der Waals surface area contributed by atoms with Crippen LogP contribution < -0.4 is 0 Å². The SMILES string of the molecule is [2H]C([2H])([2H])C1=C(/C=C/C(C)=C/C=C\C(C)=C\C=O)C(C)(C)CCC1. The predicted octanol–water partition coefficient (Wildman–Crippen LogP) is 5.72. The summed E-state index contributed by atoms with van der Waals surface area (Å²) in [5.41, 5.74) is 3.35. The molecule has 0 N–H and O–H groups in total. The van der Waals surface area contributed by atoms with Gasteiger partial charge in [0.1, 0.15) is 6.29 Å². The maximum atomic E-state index is 10.4. The summed E-state index contributed by atoms with van der Waals surface area (Å²) in [5.74, 6) is 0. The van der Waals surface area contributed by atoms with Gasteiger partial charge in [0.15, 0.2) is 0 Å². The summed E-state index contributed by atoms with van der Waals surface area (Å²) >= 11 is 0. The Labute approximate surface area is 134 Å². The molecule has 0 atom stereocenters. The normalized spacial score (nSPS) is 23.3. The van der Waals surface area contributed by atoms with Gasteiger partial charge in [-0.05, 0) is 62.6 Å². The molecular formula is C20H28O. The molecule has 0 aromatic carbocycles. The van der Waals surface area contributed by atoms with Crippen molar-refractivity contribution in [1.82, 2.24) is 0 Å². The number of carbonyl (C=O) groups is 1. The lowest BCUT2D eigenvalue weighted by atomic mass is 9.72. The first-order valence-electron chi connectivity index (χ1n) is 8.97. The molecule has 0 radical (unpaired) electrons. The van der Waals surface area contributed by atoms with Gasteiger partial charge in [-0.1, -0.05) is 55.4 Å². The summed E-state index contributed by atoms with van der Waals surface area (Å²) in [5, 5.41) is 0. The minimum Gasteiger partial charge on any atom is -0.299 e. The first kappa shape index (κ1) is 13.1. The van der Waals surface area contributed by atoms with Crippen LogP contribution in [0.4, 0.5) is 0 Å². The molecule has 0 fully saturated rings. The average molecular weight is 287 g/mol. The largest absolute Gasteiger partial charge is 0.299 e. The van der Waals surface area contributed by atoms with Crippen molar-refractivity contribution < 1.29 is 8.91 Å². The highest BCUT2D eigenvalue weighted by atomic mass is 16.1. The number of hydrogen-bond acceptors (Lipinski definition) is 1. The van der Waals surface area contributed by atoms with Gasteiger partial charge < -0.3 is 0 Å². The Morgan fingerprint density at radius 2 is 1.90 bits per heavy atom. The van der Waals surface area contributed by atoms with Crippen LogP contribution in [0.1, 0.15) is 57.9 Å². The molecular weight excluding hydrogens is 256 g/mol. The van der Waals surface area contributed by atoms with E-state index in [2.05, 4.69) is 13.8 Å². The number of hydrogen-bond donors (Lipinski definition) is 0. The molecule has 21 heavy (non-hydrogen) atoms. The predicted molar refractivity (Wildman–Crippen MR) is 92.2 cm³/mol. The molecule has 1 aliphatic carbocycles. The molecule has 1 rings (SSSR count). The highest BCUT2D eigenvalue weighted by molar-refractivity contribution is 5.66. The van der Waals surface area contributed by atoms with Crippen LogP contribution in [0.15, 0.2) is 58.7 Å². The fraction of sp³-hybridized carbons (Fsp3) is 0.450. The van der Waals surface area contributed by atoms with Crippen LogP contribution in [0.25, 0.3) is 0 Å². The maximum Gasteiger partial charge on any atom is 0.143 e. The van der Waals surface area contributed by atoms with Crippen molar-refractivity contribution in [2.75, 3.05) is 0 Å². The zero-order valence-corrected chi connectivity index (χ0v) is 13.6. The lowest BCUT2D eigenvalue weighted by molar-refractivity contribution is -0.104. The molecule has 0 saturated heterocycles. The van der Waals surface area contributed by atoms with E-state index in [1.165, 1.54) is 6.08 Å². The van der Waals surface area contributed by atoms with Crippen LogP contribution in [0.3, 0.4) is 0 Å². The van der Waals surface area contributed by atoms with E-state index in [9.17, 15) is 4.79 Å². The molecule has 1 heteroatoms. The van der Waals surface area contributed by atoms with Crippen LogP contribution >= 0.6 is 0 Å². The monoisotopic (exact) mass is 287 g/mol. The highest BCUT2D eigenvalue weighted by Gasteiger charge is 2.26. The third-order valence-electron chi connectivity index (χ3n) is 3.84. The van der Waals surface area contributed by atoms with Crippen LogP contribution in [-0.4, -0.2) is 6.29 Å². The van der Waals surface area contributed by atoms with Crippen LogP contribution in [0.2, 0.25) is 0 Å². The zero-order valence-electron chi connectivity index (χ0n) is 16.6. The van der Waals surface area contributed by atoms with E-state index < -0.39 is 6.85 Å². The van der Waals surface area contributed by atoms with E-state index in [0.717, 1.165) is 35.8 Å². The van der Waals surface area contributed by atoms with Gasteiger partial charge >= 0.3 is 0 Å². The summed E-state index contributed by atoms with van der Waals surface area (Å²) < 4.78 is 23.4. The standard InChI is InChI=1S/C20H28O/c1-16(8-6-9-17(2)13-15-21)11-12-19-18(3)10-7-14-20(19,4)5/h6,8-9,11-13,15H,7,10,14H2,1-5H3/b9-6-,12-11+,16-8+,17-13+/i3D3. The first-order chi connectivity index (χ1) is 11.1. The van der Waals surface area contributed by atoms with E-state index in [-0.39, 0.29) is 5.41 Å². The van der Waals surface area contributed by atoms with Gasteiger partial charge in [-0.3, -0.25) is 4.79 Å². The molecule has 0 unspecified atom stereocenters. The fourth-order valence-corrected chi connectivity index (χ4v) is 2.50. The minimum atomic E-state index is -2.02. The van der Waals surface area contributed by atoms with Crippen LogP contribution in [0.5, 0.6) is 0 Å². The Kier molecular flexibility index (Phi) is 4.96. The summed E-state index contributed by atoms with van der Waals surface area (Å²) in [7, 11) is 0. The van der Waals surface area contributed by atoms with Crippen molar-refractivity contribution in [2.24, 2.45) is 5.41 Å². The van der Waals surface area contributed by atoms with Crippen molar-refractivity contribution in [2.45, 2.75) is 53.8 Å². The fourth-order valence-electron chi connectivity index (χ4n) is 2.50. The lowest BCUT2D eigenvalue weighted by Gasteiger charge is -2.32. The molecule has 0 bridgehead atoms. The van der Waals surface area contributed by atoms with E-state index in [1.54, 1.807) is 0 Å². The highest BCUT2D eigenvalue weighted by Crippen LogP contribution is 2.40. The van der Waals surface area contributed by atoms with Crippen molar-refractivity contribution in [3.8, 4) is 0 Å². The zero-order chi connectivity index (χ0) is 18.4. The van der Waals surface area contributed by atoms with Gasteiger partial charge in [0.05, 0.1) is 0 Å². The smallest absolute Gasteiger partial charge is 0.143 e. The number of carbonyl (C=O) groups excluding carboxylic acids is 1. The molecule has 0 aromatic rings. The van der Waals surface area contributed by atoms with Gasteiger partial charge in [0.2, 0.25) is 0 Å². The molecule has 0 saturated carbocycles. The number of allylic oxidation sites excluding steroid dienone is 10. The van der Waals surface area contributed by atoms with Crippen LogP contribution in [-0.2, 0) is 4.79 Å². The summed E-state index contributed by atoms with van der Waals surface area (Å²) in [4.78, 5) is 10.4. The van der Waals surface area contributed by atoms with E-state index >= 15 is 0 Å². The Morgan fingerprint density at radius 1 is 1.19 bits per heavy atom. The Bertz CT molecular complexity index is 611. The van der Waals surface area contributed by atoms with Gasteiger partial charge in [-0.15, -0.1) is 0 Å². The molecule has 1 nitrogen and oxygen atoms in total. The lowest BCUT2D eigenvalue weighted by Crippen LogP contribution is -2.19. The molecule has 0 aliphatic heterocycles. The van der Waals surface area contributed by atoms with Crippen LogP contribution in [0, 0.1) is 5.41 Å². The second-order valence-corrected chi connectivity index (χ2v) is 6.28. The molecule has 114 valence electrons. The summed E-state index contributed by atoms with van der Waals surface area (Å²) in [6, 6.07) is 0. The molecule has 1 aliphatic rings. The summed E-state index contributed by atoms with van der Waals surface area (Å²) in [6.45, 7) is 6.05. The molecule has 0 aromatic heterocycles. The van der Waals surface area contributed by atoms with Crippen molar-refractivity contribution >= 4 is 6.29 Å². The van der Waals surface area contributed by atoms with E-state index in [1.807, 2.05) is 44.2 Å². The second kappa shape index (κ2) is 7.97. The van der Waals surface area contributed by atoms with Gasteiger partial charge in [0.25, 0.3) is 0 Å². The Morgan fingerprint density at radius 3 is 2.57 bits per heavy atom. The van der Waals surface area contributed by atoms with Crippen molar-refractivity contribution in [3.63, 3.8) is 0 Å². The molecule has 0 amide bonds. The molecule has 0 spiro atoms. The van der Waals surface area contributed by atoms with Crippen molar-refractivity contribution in [1.29, 1.82) is 0 Å². The number of aldehydes is 1. The quantitative estimate of drug-likeness (QED) is 0.359. The van der Waals surface area contributed by atoms with Gasteiger partial charge in [0, 0.05) is 4.11 Å². The topological polar surface area (TPSA) is 17.1 Å². The van der Waals surface area contributed by atoms with Crippen molar-refractivity contribution in [3.05, 3.63) is 58.7 Å². The Hall–Kier alpha value is -1.63. The molecule has 0 heterocycles. The van der Waals surface area contributed by atoms with Gasteiger partial charge in [-0.2, -0.15) is 0 Å². The van der Waals surface area contributed by atoms with Gasteiger partial charge in [-0.25, -0.2) is 0 Å². The first-order valence-corrected chi connectivity index (χ1v) is 7.47. The maximum absolute atomic E-state index is 10.4. The Balaban J connectivity index is 3.05. The number of rotatable bonds is 5. The minimum absolute atomic E-state index is 0.113. The third-order valence-corrected chi connectivity index (χ3v) is 3.84. The van der Waals surface area contributed by atoms with E-state index in [4.69, 9.17) is 4.11 Å². The third kappa shape index (κ3) is 5.71. The average Bonchev–Trinajstić information content (AvgIpc) is 2.44. The second-order valence-electron chi connectivity index (χ2n) is 6.28. The van der Waals surface area contributed by atoms with E-state index in [0.29, 0.717) is 12.0 Å². The summed E-state index contributed by atoms with van der Waals surface area (Å²) in [6.07, 6.45) is 14.5.